The molecule has 32 heavy (non-hydrogen) atoms. The van der Waals surface area contributed by atoms with E-state index in [2.05, 4.69) is 55.2 Å². The van der Waals surface area contributed by atoms with Crippen molar-refractivity contribution in [3.63, 3.8) is 0 Å². The van der Waals surface area contributed by atoms with Crippen molar-refractivity contribution >= 4 is 0 Å². The molecule has 2 rings (SSSR count). The highest BCUT2D eigenvalue weighted by atomic mass is 16.5. The number of nitrogens with zero attached hydrogens (tertiary/aromatic N) is 1. The lowest BCUT2D eigenvalue weighted by Crippen LogP contribution is -1.99. The van der Waals surface area contributed by atoms with Crippen LogP contribution >= 0.6 is 0 Å². The molecule has 3 nitrogen and oxygen atoms in total. The first-order valence-corrected chi connectivity index (χ1v) is 13.1. The molecule has 1 heterocycles. The van der Waals surface area contributed by atoms with Gasteiger partial charge in [0.2, 0.25) is 0 Å². The van der Waals surface area contributed by atoms with Gasteiger partial charge in [-0.3, -0.25) is 4.98 Å². The monoisotopic (exact) mass is 439 g/mol. The molecule has 0 saturated heterocycles. The summed E-state index contributed by atoms with van der Waals surface area (Å²) in [6.45, 7) is 7.06. The Morgan fingerprint density at radius 1 is 0.625 bits per heavy atom. The highest BCUT2D eigenvalue weighted by Crippen LogP contribution is 2.21. The molecule has 0 aliphatic rings. The van der Waals surface area contributed by atoms with Gasteiger partial charge in [-0.15, -0.1) is 0 Å². The third-order valence-corrected chi connectivity index (χ3v) is 5.89. The third-order valence-electron chi connectivity index (χ3n) is 5.89. The van der Waals surface area contributed by atoms with E-state index in [9.17, 15) is 0 Å². The fourth-order valence-electron chi connectivity index (χ4n) is 3.83. The number of aromatic nitrogens is 1. The van der Waals surface area contributed by atoms with Crippen LogP contribution in [-0.4, -0.2) is 24.8 Å². The van der Waals surface area contributed by atoms with Crippen molar-refractivity contribution in [3.05, 3.63) is 48.2 Å². The van der Waals surface area contributed by atoms with Crippen molar-refractivity contribution in [3.8, 4) is 17.0 Å². The van der Waals surface area contributed by atoms with Gasteiger partial charge in [0.15, 0.2) is 0 Å². The Balaban J connectivity index is 1.59. The first kappa shape index (κ1) is 26.4. The van der Waals surface area contributed by atoms with Gasteiger partial charge in [-0.25, -0.2) is 0 Å². The predicted molar refractivity (Wildman–Crippen MR) is 136 cm³/mol. The summed E-state index contributed by atoms with van der Waals surface area (Å²) in [6.07, 6.45) is 18.3. The molecule has 178 valence electrons. The number of pyridine rings is 1. The Kier molecular flexibility index (Phi) is 14.6. The predicted octanol–water partition coefficient (Wildman–Crippen LogP) is 8.41. The maximum absolute atomic E-state index is 5.87. The number of ether oxygens (including phenoxy) is 2. The van der Waals surface area contributed by atoms with Gasteiger partial charge >= 0.3 is 0 Å². The van der Waals surface area contributed by atoms with Gasteiger partial charge in [0.1, 0.15) is 5.75 Å². The van der Waals surface area contributed by atoms with Gasteiger partial charge in [0, 0.05) is 25.0 Å². The molecule has 0 N–H and O–H groups in total. The van der Waals surface area contributed by atoms with Crippen LogP contribution in [0.5, 0.6) is 5.75 Å². The largest absolute Gasteiger partial charge is 0.494 e. The Morgan fingerprint density at radius 3 is 1.91 bits per heavy atom. The Labute approximate surface area is 197 Å². The summed E-state index contributed by atoms with van der Waals surface area (Å²) in [7, 11) is 0. The average Bonchev–Trinajstić information content (AvgIpc) is 2.83. The second kappa shape index (κ2) is 17.7. The number of hydrogen-bond acceptors (Lipinski definition) is 3. The van der Waals surface area contributed by atoms with Gasteiger partial charge in [0.05, 0.1) is 12.3 Å². The Hall–Kier alpha value is -1.87. The summed E-state index contributed by atoms with van der Waals surface area (Å²) < 4.78 is 11.7. The first-order valence-electron chi connectivity index (χ1n) is 13.1. The third kappa shape index (κ3) is 11.7. The number of benzene rings is 1. The molecule has 0 aliphatic carbocycles. The van der Waals surface area contributed by atoms with Crippen molar-refractivity contribution in [2.45, 2.75) is 97.3 Å². The molecule has 0 atom stereocenters. The lowest BCUT2D eigenvalue weighted by Gasteiger charge is -2.08. The van der Waals surface area contributed by atoms with E-state index in [1.54, 1.807) is 0 Å². The fourth-order valence-corrected chi connectivity index (χ4v) is 3.83. The second-order valence-electron chi connectivity index (χ2n) is 8.82. The number of unbranched alkanes of at least 4 members (excludes halogenated alkanes) is 9. The molecular formula is C29H45NO2. The highest BCUT2D eigenvalue weighted by molar-refractivity contribution is 5.60. The second-order valence-corrected chi connectivity index (χ2v) is 8.82. The van der Waals surface area contributed by atoms with E-state index >= 15 is 0 Å². The van der Waals surface area contributed by atoms with Gasteiger partial charge in [-0.1, -0.05) is 77.7 Å². The van der Waals surface area contributed by atoms with Crippen LogP contribution in [0, 0.1) is 0 Å². The minimum Gasteiger partial charge on any atom is -0.494 e. The Bertz CT molecular complexity index is 681. The Morgan fingerprint density at radius 2 is 1.25 bits per heavy atom. The fraction of sp³-hybridized carbons (Fsp3) is 0.621. The molecule has 0 bridgehead atoms. The van der Waals surface area contributed by atoms with E-state index in [1.807, 2.05) is 6.20 Å². The van der Waals surface area contributed by atoms with Gasteiger partial charge in [0.25, 0.3) is 0 Å². The van der Waals surface area contributed by atoms with Crippen molar-refractivity contribution in [2.24, 2.45) is 0 Å². The van der Waals surface area contributed by atoms with Crippen LogP contribution in [0.4, 0.5) is 0 Å². The van der Waals surface area contributed by atoms with Crippen LogP contribution < -0.4 is 4.74 Å². The summed E-state index contributed by atoms with van der Waals surface area (Å²) in [5, 5.41) is 0. The zero-order valence-electron chi connectivity index (χ0n) is 20.6. The standard InChI is InChI=1S/C29H45NO2/c1-3-5-7-9-11-12-22-31-23-14-15-26-16-21-29(30-25-26)27-17-19-28(20-18-27)32-24-13-10-8-6-4-2/h16-21,25H,3-15,22-24H2,1-2H3. The highest BCUT2D eigenvalue weighted by Gasteiger charge is 2.02. The first-order chi connectivity index (χ1) is 15.8. The molecule has 0 saturated carbocycles. The zero-order valence-corrected chi connectivity index (χ0v) is 20.6. The van der Waals surface area contributed by atoms with Crippen LogP contribution in [-0.2, 0) is 11.2 Å². The number of aryl methyl sites for hydroxylation is 1. The van der Waals surface area contributed by atoms with Gasteiger partial charge < -0.3 is 9.47 Å². The van der Waals surface area contributed by atoms with E-state index in [0.717, 1.165) is 56.1 Å². The van der Waals surface area contributed by atoms with Gasteiger partial charge in [-0.05, 0) is 61.6 Å². The summed E-state index contributed by atoms with van der Waals surface area (Å²) in [5.74, 6) is 0.946. The molecule has 1 aromatic heterocycles. The molecule has 0 spiro atoms. The molecule has 2 aromatic rings. The summed E-state index contributed by atoms with van der Waals surface area (Å²) >= 11 is 0. The van der Waals surface area contributed by atoms with Crippen LogP contribution in [0.25, 0.3) is 11.3 Å². The van der Waals surface area contributed by atoms with E-state index < -0.39 is 0 Å². The molecule has 1 aromatic carbocycles. The molecule has 0 aliphatic heterocycles. The van der Waals surface area contributed by atoms with Crippen molar-refractivity contribution in [1.82, 2.24) is 4.98 Å². The number of rotatable bonds is 19. The minimum absolute atomic E-state index is 0.804. The van der Waals surface area contributed by atoms with Gasteiger partial charge in [-0.2, -0.15) is 0 Å². The summed E-state index contributed by atoms with van der Waals surface area (Å²) in [6, 6.07) is 12.6. The summed E-state index contributed by atoms with van der Waals surface area (Å²) in [5.41, 5.74) is 3.42. The maximum atomic E-state index is 5.87. The zero-order chi connectivity index (χ0) is 22.7. The molecule has 0 radical (unpaired) electrons. The van der Waals surface area contributed by atoms with Crippen molar-refractivity contribution < 1.29 is 9.47 Å². The molecule has 0 unspecified atom stereocenters. The van der Waals surface area contributed by atoms with E-state index in [4.69, 9.17) is 9.47 Å². The average molecular weight is 440 g/mol. The quantitative estimate of drug-likeness (QED) is 0.206. The van der Waals surface area contributed by atoms with Crippen LogP contribution in [0.2, 0.25) is 0 Å². The van der Waals surface area contributed by atoms with Crippen LogP contribution in [0.3, 0.4) is 0 Å². The van der Waals surface area contributed by atoms with Crippen molar-refractivity contribution in [1.29, 1.82) is 0 Å². The molecule has 0 fully saturated rings. The van der Waals surface area contributed by atoms with Crippen molar-refractivity contribution in [2.75, 3.05) is 19.8 Å². The van der Waals surface area contributed by atoms with E-state index in [0.29, 0.717) is 0 Å². The lowest BCUT2D eigenvalue weighted by atomic mass is 10.1. The van der Waals surface area contributed by atoms with Crippen LogP contribution in [0.15, 0.2) is 42.6 Å². The van der Waals surface area contributed by atoms with E-state index in [-0.39, 0.29) is 0 Å². The van der Waals surface area contributed by atoms with E-state index in [1.165, 1.54) is 69.8 Å². The minimum atomic E-state index is 0.804. The molecule has 3 heteroatoms. The maximum Gasteiger partial charge on any atom is 0.119 e. The lowest BCUT2D eigenvalue weighted by molar-refractivity contribution is 0.127. The molecule has 0 amide bonds. The topological polar surface area (TPSA) is 31.4 Å². The SMILES string of the molecule is CCCCCCCCOCCCc1ccc(-c2ccc(OCCCCCCC)cc2)nc1. The smallest absolute Gasteiger partial charge is 0.119 e. The summed E-state index contributed by atoms with van der Waals surface area (Å²) in [4.78, 5) is 4.66. The number of hydrogen-bond donors (Lipinski definition) is 0. The molecular weight excluding hydrogens is 394 g/mol. The normalized spacial score (nSPS) is 11.1. The van der Waals surface area contributed by atoms with Crippen LogP contribution in [0.1, 0.15) is 96.5 Å².